The first-order valence-corrected chi connectivity index (χ1v) is 0. The molecule has 0 amide bonds. The van der Waals surface area contributed by atoms with E-state index in [9.17, 15) is 0 Å². The fourth-order valence-corrected chi connectivity index (χ4v) is 0. The van der Waals surface area contributed by atoms with Gasteiger partial charge in [-0.15, -0.1) is 0 Å². The van der Waals surface area contributed by atoms with Crippen molar-refractivity contribution in [3.63, 3.8) is 0 Å². The Morgan fingerprint density at radius 1 is 0.333 bits per heavy atom. The summed E-state index contributed by atoms with van der Waals surface area (Å²) in [7, 11) is 0. The lowest BCUT2D eigenvalue weighted by Gasteiger charge is -0.270. The molecule has 0 saturated carbocycles. The van der Waals surface area contributed by atoms with Gasteiger partial charge in [0.15, 0.2) is 0 Å². The summed E-state index contributed by atoms with van der Waals surface area (Å²) in [5.74, 6) is 0. The molecule has 0 bridgehead atoms. The van der Waals surface area contributed by atoms with Gasteiger partial charge < -0.3 is 0 Å². The molecule has 0 aromatic heterocycles. The second-order valence-corrected chi connectivity index (χ2v) is 0. The van der Waals surface area contributed by atoms with Gasteiger partial charge in [0.25, 0.3) is 0 Å². The van der Waals surface area contributed by atoms with Crippen molar-refractivity contribution in [1.29, 1.82) is 0 Å². The number of rotatable bonds is 0. The molecule has 0 aliphatic carbocycles. The average molecular weight is 108 g/mol. The van der Waals surface area contributed by atoms with Crippen LogP contribution in [0.3, 0.4) is 0 Å². The highest BCUT2D eigenvalue weighted by Crippen LogP contribution is 0.423. The third-order valence-corrected chi connectivity index (χ3v) is 0. The van der Waals surface area contributed by atoms with Crippen molar-refractivity contribution < 1.29 is 18.8 Å². The van der Waals surface area contributed by atoms with E-state index in [0.29, 0.717) is 0 Å². The van der Waals surface area contributed by atoms with Crippen LogP contribution in [-0.2, 0) is 0 Å². The van der Waals surface area contributed by atoms with E-state index in [1.54, 1.807) is 0 Å². The molecule has 6 heavy (non-hydrogen) atoms. The van der Waals surface area contributed by atoms with Crippen molar-refractivity contribution in [2.45, 2.75) is 0 Å². The highest BCUT2D eigenvalue weighted by atomic mass is 19.0. The van der Waals surface area contributed by atoms with E-state index in [4.69, 9.17) is 0 Å². The number of halogens is 4. The van der Waals surface area contributed by atoms with E-state index < -0.39 is 0 Å². The molecule has 0 aliphatic rings. The Bertz CT molecular complexity index is 5.51. The summed E-state index contributed by atoms with van der Waals surface area (Å²) in [6.45, 7) is 0. The molecular weight excluding hydrogens is 97.6 g/mol. The maximum absolute atomic E-state index is 0. The minimum absolute atomic E-state index is 0. The third kappa shape index (κ3) is 1390. The molecule has 0 atom stereocenters. The third-order valence-electron chi connectivity index (χ3n) is 0. The summed E-state index contributed by atoms with van der Waals surface area (Å²) >= 11 is 0. The van der Waals surface area contributed by atoms with Crippen molar-refractivity contribution in [2.75, 3.05) is 0 Å². The Morgan fingerprint density at radius 3 is 0.333 bits per heavy atom. The Labute approximate surface area is 36.9 Å². The van der Waals surface area contributed by atoms with E-state index in [1.165, 1.54) is 0 Å². The van der Waals surface area contributed by atoms with Gasteiger partial charge >= 0.3 is 0 Å². The first-order chi connectivity index (χ1) is 0. The zero-order valence-electron chi connectivity index (χ0n) is 1.63. The molecule has 0 N–H and O–H groups in total. The van der Waals surface area contributed by atoms with Gasteiger partial charge in [0.1, 0.15) is 0 Å². The van der Waals surface area contributed by atoms with Gasteiger partial charge in [-0.3, -0.25) is 18.8 Å². The molecule has 0 spiro atoms. The molecule has 0 fully saturated rings. The van der Waals surface area contributed by atoms with E-state index >= 15 is 0 Å². The van der Waals surface area contributed by atoms with Gasteiger partial charge in [-0.2, -0.15) is 0 Å². The quantitative estimate of drug-likeness (QED) is 0.254. The molecule has 0 saturated heterocycles. The lowest BCUT2D eigenvalue weighted by Crippen LogP contribution is -0.382. The summed E-state index contributed by atoms with van der Waals surface area (Å²) in [6.07, 6.45) is 0. The van der Waals surface area contributed by atoms with E-state index in [1.807, 2.05) is 0 Å². The van der Waals surface area contributed by atoms with E-state index in [0.717, 1.165) is 0 Å². The Morgan fingerprint density at radius 2 is 0.333 bits per heavy atom. The Hall–Kier alpha value is -0.150. The van der Waals surface area contributed by atoms with Crippen LogP contribution in [0.15, 0.2) is 0 Å². The normalized spacial score (nSPS) is 0. The van der Waals surface area contributed by atoms with Crippen LogP contribution in [-0.4, -0.2) is 16.8 Å². The first-order valence-electron chi connectivity index (χ1n) is 0. The standard InChI is InChI=1S/2BH3.4FH/h2*1H3;4*1H. The molecule has 44 valence electrons. The monoisotopic (exact) mass is 108 g/mol. The highest BCUT2D eigenvalue weighted by Gasteiger charge is 0.0824. The number of hydrogen-bond donors (Lipinski definition) is 0. The van der Waals surface area contributed by atoms with Crippen LogP contribution in [0.5, 0.6) is 0 Å². The molecule has 0 aromatic rings. The largest absolute Gasteiger partial charge is 0.269 e. The topological polar surface area (TPSA) is 0 Å². The average Bonchev–Trinajstić information content (AvgIpc) is 0. The molecule has 0 rings (SSSR count). The van der Waals surface area contributed by atoms with Crippen LogP contribution in [0.2, 0.25) is 0 Å². The SMILES string of the molecule is B.B.F.F.F.F. The van der Waals surface area contributed by atoms with Crippen molar-refractivity contribution in [3.8, 4) is 0 Å². The summed E-state index contributed by atoms with van der Waals surface area (Å²) in [6, 6.07) is 0. The molecular formula is H10B2F4. The van der Waals surface area contributed by atoms with Crippen LogP contribution in [0.1, 0.15) is 0 Å². The fourth-order valence-electron chi connectivity index (χ4n) is 0. The zero-order chi connectivity index (χ0) is 0. The molecule has 0 unspecified atom stereocenters. The minimum Gasteiger partial charge on any atom is -0.269 e. The lowest BCUT2D eigenvalue weighted by molar-refractivity contribution is 1.11. The van der Waals surface area contributed by atoms with Gasteiger partial charge in [0.2, 0.25) is 0 Å². The van der Waals surface area contributed by atoms with Crippen LogP contribution in [0.4, 0.5) is 18.8 Å². The summed E-state index contributed by atoms with van der Waals surface area (Å²) in [4.78, 5) is 0. The van der Waals surface area contributed by atoms with Crippen LogP contribution in [0.25, 0.3) is 0 Å². The van der Waals surface area contributed by atoms with Crippen molar-refractivity contribution in [1.82, 2.24) is 0 Å². The van der Waals surface area contributed by atoms with E-state index in [2.05, 4.69) is 0 Å². The fraction of sp³-hybridized carbons (Fsp3) is 0. The second kappa shape index (κ2) is 3190. The van der Waals surface area contributed by atoms with Crippen LogP contribution < -0.4 is 0 Å². The molecule has 6 heteroatoms. The van der Waals surface area contributed by atoms with Crippen molar-refractivity contribution in [2.24, 2.45) is 0 Å². The van der Waals surface area contributed by atoms with Gasteiger partial charge in [0, 0.05) is 0 Å². The molecule has 0 nitrogen and oxygen atoms in total. The summed E-state index contributed by atoms with van der Waals surface area (Å²) in [5.41, 5.74) is 0. The predicted molar refractivity (Wildman–Crippen MR) is 29.9 cm³/mol. The van der Waals surface area contributed by atoms with Gasteiger partial charge in [-0.1, -0.05) is 0 Å². The Balaban J connectivity index is 0. The van der Waals surface area contributed by atoms with E-state index in [-0.39, 0.29) is 35.6 Å². The van der Waals surface area contributed by atoms with Crippen LogP contribution in [0, 0.1) is 0 Å². The van der Waals surface area contributed by atoms with Crippen LogP contribution >= 0.6 is 0 Å². The smallest absolute Gasteiger partial charge is 0.0814 e. The molecule has 0 aliphatic heterocycles. The molecule has 0 radical (unpaired) electrons. The lowest BCUT2D eigenvalue weighted by atomic mass is 10.8. The minimum atomic E-state index is 0. The van der Waals surface area contributed by atoms with Gasteiger partial charge in [0.05, 0.1) is 16.8 Å². The predicted octanol–water partition coefficient (Wildman–Crippen LogP) is -1.76. The first kappa shape index (κ1) is 6100. The molecule has 0 aromatic carbocycles. The maximum atomic E-state index is 0. The number of hydrogen-bond acceptors (Lipinski definition) is 0. The van der Waals surface area contributed by atoms with Crippen molar-refractivity contribution in [3.05, 3.63) is 0 Å². The summed E-state index contributed by atoms with van der Waals surface area (Å²) in [5, 5.41) is 0. The maximum Gasteiger partial charge on any atom is 0.0814 e. The highest BCUT2D eigenvalue weighted by molar-refractivity contribution is 5.76. The van der Waals surface area contributed by atoms with Gasteiger partial charge in [-0.25, -0.2) is 0 Å². The van der Waals surface area contributed by atoms with Crippen molar-refractivity contribution >= 4 is 16.8 Å². The van der Waals surface area contributed by atoms with Gasteiger partial charge in [-0.05, 0) is 0 Å². The molecule has 0 heterocycles. The Kier molecular flexibility index (Phi) is 3240000. The second-order valence-electron chi connectivity index (χ2n) is 0. The zero-order valence-corrected chi connectivity index (χ0v) is 1.63. The summed E-state index contributed by atoms with van der Waals surface area (Å²) < 4.78 is 0.